The van der Waals surface area contributed by atoms with E-state index in [2.05, 4.69) is 9.88 Å². The predicted octanol–water partition coefficient (Wildman–Crippen LogP) is 3.74. The molecule has 1 aliphatic carbocycles. The van der Waals surface area contributed by atoms with Crippen LogP contribution in [0.2, 0.25) is 0 Å². The molecular weight excluding hydrogens is 507 g/mol. The van der Waals surface area contributed by atoms with E-state index in [1.165, 1.54) is 6.07 Å². The van der Waals surface area contributed by atoms with Crippen LogP contribution in [0.25, 0.3) is 0 Å². The number of hydrogen-bond acceptors (Lipinski definition) is 7. The largest absolute Gasteiger partial charge is 0.492 e. The number of anilines is 2. The summed E-state index contributed by atoms with van der Waals surface area (Å²) in [7, 11) is 0. The number of thiocarbonyl (C=S) groups is 1. The van der Waals surface area contributed by atoms with Gasteiger partial charge in [0.05, 0.1) is 30.7 Å². The van der Waals surface area contributed by atoms with Crippen LogP contribution in [0.1, 0.15) is 30.5 Å². The minimum absolute atomic E-state index is 0.0744. The molecule has 1 saturated carbocycles. The number of hydrogen-bond donors (Lipinski definition) is 0. The average Bonchev–Trinajstić information content (AvgIpc) is 3.11. The number of nitriles is 1. The molecule has 2 saturated heterocycles. The molecular formula is C25H24F3N5O3S. The van der Waals surface area contributed by atoms with E-state index in [9.17, 15) is 18.0 Å². The number of aromatic nitrogens is 1. The van der Waals surface area contributed by atoms with E-state index in [1.54, 1.807) is 29.2 Å². The molecule has 1 amide bonds. The topological polar surface area (TPSA) is 81.9 Å². The number of nitrogens with zero attached hydrogens (tertiary/aromatic N) is 5. The van der Waals surface area contributed by atoms with Gasteiger partial charge in [0.2, 0.25) is 0 Å². The Morgan fingerprint density at radius 2 is 1.86 bits per heavy atom. The molecule has 5 rings (SSSR count). The first-order valence-electron chi connectivity index (χ1n) is 11.9. The first kappa shape index (κ1) is 25.4. The van der Waals surface area contributed by atoms with E-state index < -0.39 is 28.9 Å². The molecule has 3 aliphatic rings. The Hall–Kier alpha value is -3.27. The Morgan fingerprint density at radius 3 is 2.46 bits per heavy atom. The smallest absolute Gasteiger partial charge is 0.419 e. The predicted molar refractivity (Wildman–Crippen MR) is 132 cm³/mol. The third-order valence-electron chi connectivity index (χ3n) is 7.01. The lowest BCUT2D eigenvalue weighted by atomic mass is 9.75. The van der Waals surface area contributed by atoms with Gasteiger partial charge in [-0.2, -0.15) is 18.4 Å². The fourth-order valence-electron chi connectivity index (χ4n) is 4.90. The highest BCUT2D eigenvalue weighted by molar-refractivity contribution is 7.81. The van der Waals surface area contributed by atoms with Crippen LogP contribution in [-0.4, -0.2) is 65.9 Å². The third kappa shape index (κ3) is 4.63. The fourth-order valence-corrected chi connectivity index (χ4v) is 5.37. The first-order chi connectivity index (χ1) is 17.7. The number of carbonyl (C=O) groups excluding carboxylic acids is 1. The van der Waals surface area contributed by atoms with Crippen molar-refractivity contribution in [3.05, 3.63) is 47.8 Å². The molecule has 0 atom stereocenters. The van der Waals surface area contributed by atoms with Crippen molar-refractivity contribution in [3.63, 3.8) is 0 Å². The number of ether oxygens (including phenoxy) is 2. The molecule has 1 aromatic heterocycles. The molecule has 8 nitrogen and oxygen atoms in total. The van der Waals surface area contributed by atoms with Crippen molar-refractivity contribution in [1.29, 1.82) is 5.26 Å². The molecule has 0 radical (unpaired) electrons. The van der Waals surface area contributed by atoms with Crippen molar-refractivity contribution >= 4 is 34.6 Å². The van der Waals surface area contributed by atoms with Crippen LogP contribution in [0.4, 0.5) is 24.5 Å². The van der Waals surface area contributed by atoms with Gasteiger partial charge in [0.1, 0.15) is 24.0 Å². The number of rotatable bonds is 6. The quantitative estimate of drug-likeness (QED) is 0.522. The summed E-state index contributed by atoms with van der Waals surface area (Å²) in [4.78, 5) is 22.3. The maximum atomic E-state index is 13.6. The average molecular weight is 532 g/mol. The zero-order chi connectivity index (χ0) is 26.2. The second kappa shape index (κ2) is 9.89. The van der Waals surface area contributed by atoms with E-state index in [0.717, 1.165) is 56.4 Å². The minimum Gasteiger partial charge on any atom is -0.492 e. The van der Waals surface area contributed by atoms with Gasteiger partial charge in [-0.3, -0.25) is 14.6 Å². The van der Waals surface area contributed by atoms with E-state index in [0.29, 0.717) is 30.9 Å². The van der Waals surface area contributed by atoms with Gasteiger partial charge in [0, 0.05) is 25.3 Å². The normalized spacial score (nSPS) is 19.7. The van der Waals surface area contributed by atoms with Crippen LogP contribution in [0.15, 0.2) is 36.5 Å². The molecule has 0 N–H and O–H groups in total. The van der Waals surface area contributed by atoms with Crippen molar-refractivity contribution in [3.8, 4) is 11.8 Å². The van der Waals surface area contributed by atoms with Crippen LogP contribution in [0, 0.1) is 11.3 Å². The lowest BCUT2D eigenvalue weighted by molar-refractivity contribution is -0.138. The number of pyridine rings is 1. The van der Waals surface area contributed by atoms with E-state index in [-0.39, 0.29) is 10.8 Å². The molecule has 2 aliphatic heterocycles. The van der Waals surface area contributed by atoms with Crippen molar-refractivity contribution in [2.75, 3.05) is 49.3 Å². The van der Waals surface area contributed by atoms with Crippen molar-refractivity contribution < 1.29 is 27.4 Å². The Balaban J connectivity index is 1.37. The molecule has 194 valence electrons. The molecule has 1 spiro atoms. The van der Waals surface area contributed by atoms with Gasteiger partial charge >= 0.3 is 6.18 Å². The zero-order valence-corrected chi connectivity index (χ0v) is 20.6. The van der Waals surface area contributed by atoms with Gasteiger partial charge in [-0.05, 0) is 61.8 Å². The summed E-state index contributed by atoms with van der Waals surface area (Å²) < 4.78 is 51.8. The van der Waals surface area contributed by atoms with Crippen LogP contribution in [0.3, 0.4) is 0 Å². The summed E-state index contributed by atoms with van der Waals surface area (Å²) in [5.41, 5.74) is -2.38. The molecule has 12 heteroatoms. The highest BCUT2D eigenvalue weighted by Gasteiger charge is 2.59. The molecule has 37 heavy (non-hydrogen) atoms. The molecule has 1 aromatic carbocycles. The summed E-state index contributed by atoms with van der Waals surface area (Å²) in [5.74, 6) is 0.272. The van der Waals surface area contributed by atoms with Crippen molar-refractivity contribution in [1.82, 2.24) is 9.88 Å². The summed E-state index contributed by atoms with van der Waals surface area (Å²) in [6.07, 6.45) is -1.88. The number of benzene rings is 1. The van der Waals surface area contributed by atoms with E-state index >= 15 is 0 Å². The fraction of sp³-hybridized carbons (Fsp3) is 0.440. The summed E-state index contributed by atoms with van der Waals surface area (Å²) in [6, 6.07) is 9.40. The number of amides is 1. The van der Waals surface area contributed by atoms with E-state index in [1.807, 2.05) is 0 Å². The second-order valence-corrected chi connectivity index (χ2v) is 9.50. The Labute approximate surface area is 217 Å². The van der Waals surface area contributed by atoms with Gasteiger partial charge in [0.15, 0.2) is 10.8 Å². The van der Waals surface area contributed by atoms with Crippen molar-refractivity contribution in [2.45, 2.75) is 31.0 Å². The molecule has 0 unspecified atom stereocenters. The first-order valence-corrected chi connectivity index (χ1v) is 12.3. The minimum atomic E-state index is -4.80. The number of morpholine rings is 1. The highest BCUT2D eigenvalue weighted by Crippen LogP contribution is 2.48. The summed E-state index contributed by atoms with van der Waals surface area (Å²) in [6.45, 7) is 4.49. The number of carbonyl (C=O) groups is 1. The van der Waals surface area contributed by atoms with Crippen LogP contribution in [-0.2, 0) is 15.7 Å². The number of halogens is 3. The van der Waals surface area contributed by atoms with E-state index in [4.69, 9.17) is 27.0 Å². The van der Waals surface area contributed by atoms with Gasteiger partial charge in [-0.1, -0.05) is 0 Å². The third-order valence-corrected chi connectivity index (χ3v) is 7.38. The van der Waals surface area contributed by atoms with Gasteiger partial charge in [-0.25, -0.2) is 4.98 Å². The lowest BCUT2D eigenvalue weighted by Gasteiger charge is -2.43. The van der Waals surface area contributed by atoms with Crippen LogP contribution < -0.4 is 14.5 Å². The monoisotopic (exact) mass is 531 g/mol. The van der Waals surface area contributed by atoms with Crippen molar-refractivity contribution in [2.24, 2.45) is 0 Å². The molecule has 3 heterocycles. The standard InChI is InChI=1S/C25H24F3N5O3S/c26-25(27,28)20-14-18(16-30-21(20)15-29)32-22(34)24(6-1-7-24)33(23(32)37)17-2-4-19(5-3-17)36-13-10-31-8-11-35-12-9-31/h2-5,14,16H,1,6-13H2. The maximum absolute atomic E-state index is 13.6. The van der Waals surface area contributed by atoms with Gasteiger partial charge in [0.25, 0.3) is 5.91 Å². The Morgan fingerprint density at radius 1 is 1.16 bits per heavy atom. The van der Waals surface area contributed by atoms with Gasteiger partial charge in [-0.15, -0.1) is 0 Å². The Kier molecular flexibility index (Phi) is 6.78. The summed E-state index contributed by atoms with van der Waals surface area (Å²) in [5, 5.41) is 9.14. The van der Waals surface area contributed by atoms with Crippen LogP contribution in [0.5, 0.6) is 5.75 Å². The zero-order valence-electron chi connectivity index (χ0n) is 19.8. The van der Waals surface area contributed by atoms with Gasteiger partial charge < -0.3 is 14.4 Å². The lowest BCUT2D eigenvalue weighted by Crippen LogP contribution is -2.55. The van der Waals surface area contributed by atoms with Crippen LogP contribution >= 0.6 is 12.2 Å². The SMILES string of the molecule is N#Cc1ncc(N2C(=O)C3(CCC3)N(c3ccc(OCCN4CCOCC4)cc3)C2=S)cc1C(F)(F)F. The molecule has 3 fully saturated rings. The second-order valence-electron chi connectivity index (χ2n) is 9.14. The number of alkyl halides is 3. The highest BCUT2D eigenvalue weighted by atomic mass is 32.1. The molecule has 2 aromatic rings. The Bertz CT molecular complexity index is 1240. The molecule has 0 bridgehead atoms. The maximum Gasteiger partial charge on any atom is 0.419 e. The summed E-state index contributed by atoms with van der Waals surface area (Å²) >= 11 is 5.64.